The van der Waals surface area contributed by atoms with E-state index in [0.29, 0.717) is 16.7 Å². The Morgan fingerprint density at radius 1 is 0.947 bits per heavy atom. The van der Waals surface area contributed by atoms with E-state index in [0.717, 1.165) is 24.3 Å². The fraction of sp³-hybridized carbons (Fsp3) is 0.200. The highest BCUT2D eigenvalue weighted by atomic mass is 35.5. The molecular formula is C15H15Cl2NO. The lowest BCUT2D eigenvalue weighted by atomic mass is 10.1. The van der Waals surface area contributed by atoms with Crippen molar-refractivity contribution in [1.82, 2.24) is 0 Å². The van der Waals surface area contributed by atoms with E-state index in [1.165, 1.54) is 5.56 Å². The largest absolute Gasteiger partial charge is 0.494 e. The first kappa shape index (κ1) is 14.0. The van der Waals surface area contributed by atoms with Gasteiger partial charge in [-0.15, -0.1) is 0 Å². The molecular weight excluding hydrogens is 281 g/mol. The van der Waals surface area contributed by atoms with E-state index < -0.39 is 0 Å². The van der Waals surface area contributed by atoms with Gasteiger partial charge in [0.05, 0.1) is 16.7 Å². The molecule has 0 aliphatic heterocycles. The van der Waals surface area contributed by atoms with Crippen LogP contribution in [0, 0.1) is 0 Å². The van der Waals surface area contributed by atoms with Gasteiger partial charge in [-0.05, 0) is 42.7 Å². The quantitative estimate of drug-likeness (QED) is 0.647. The fourth-order valence-electron chi connectivity index (χ4n) is 1.72. The molecule has 0 saturated carbocycles. The second-order valence-electron chi connectivity index (χ2n) is 4.27. The fourth-order valence-corrected chi connectivity index (χ4v) is 2.01. The molecule has 2 aromatic rings. The van der Waals surface area contributed by atoms with Crippen molar-refractivity contribution in [3.8, 4) is 5.75 Å². The lowest BCUT2D eigenvalue weighted by Crippen LogP contribution is -1.99. The molecule has 0 spiro atoms. The lowest BCUT2D eigenvalue weighted by molar-refractivity contribution is 0.311. The number of hydrogen-bond acceptors (Lipinski definition) is 2. The summed E-state index contributed by atoms with van der Waals surface area (Å²) >= 11 is 11.8. The molecule has 2 N–H and O–H groups in total. The number of anilines is 1. The van der Waals surface area contributed by atoms with Gasteiger partial charge in [0.25, 0.3) is 0 Å². The second-order valence-corrected chi connectivity index (χ2v) is 5.08. The number of nitrogens with two attached hydrogens (primary N) is 1. The van der Waals surface area contributed by atoms with Gasteiger partial charge >= 0.3 is 0 Å². The first-order chi connectivity index (χ1) is 9.15. The van der Waals surface area contributed by atoms with E-state index >= 15 is 0 Å². The molecule has 0 fully saturated rings. The van der Waals surface area contributed by atoms with E-state index in [-0.39, 0.29) is 0 Å². The van der Waals surface area contributed by atoms with Crippen LogP contribution in [0.4, 0.5) is 5.69 Å². The number of hydrogen-bond donors (Lipinski definition) is 1. The van der Waals surface area contributed by atoms with Gasteiger partial charge in [0.15, 0.2) is 0 Å². The molecule has 0 radical (unpaired) electrons. The molecule has 19 heavy (non-hydrogen) atoms. The van der Waals surface area contributed by atoms with Crippen LogP contribution in [0.2, 0.25) is 10.0 Å². The van der Waals surface area contributed by atoms with Crippen LogP contribution in [0.5, 0.6) is 5.75 Å². The van der Waals surface area contributed by atoms with Gasteiger partial charge in [-0.2, -0.15) is 0 Å². The summed E-state index contributed by atoms with van der Waals surface area (Å²) < 4.78 is 5.62. The van der Waals surface area contributed by atoms with E-state index in [2.05, 4.69) is 0 Å². The van der Waals surface area contributed by atoms with Crippen LogP contribution in [-0.4, -0.2) is 6.61 Å². The van der Waals surface area contributed by atoms with Gasteiger partial charge in [0.1, 0.15) is 5.75 Å². The van der Waals surface area contributed by atoms with E-state index in [4.69, 9.17) is 33.7 Å². The van der Waals surface area contributed by atoms with Gasteiger partial charge in [0, 0.05) is 11.8 Å². The molecule has 0 saturated heterocycles. The summed E-state index contributed by atoms with van der Waals surface area (Å²) in [5.74, 6) is 0.742. The third-order valence-electron chi connectivity index (χ3n) is 2.75. The Morgan fingerprint density at radius 3 is 2.37 bits per heavy atom. The summed E-state index contributed by atoms with van der Waals surface area (Å²) in [5.41, 5.74) is 7.68. The Kier molecular flexibility index (Phi) is 4.94. The predicted octanol–water partition coefficient (Wildman–Crippen LogP) is 4.59. The zero-order valence-electron chi connectivity index (χ0n) is 10.4. The van der Waals surface area contributed by atoms with Crippen molar-refractivity contribution in [2.45, 2.75) is 12.8 Å². The maximum Gasteiger partial charge on any atom is 0.120 e. The van der Waals surface area contributed by atoms with Crippen molar-refractivity contribution in [1.29, 1.82) is 0 Å². The summed E-state index contributed by atoms with van der Waals surface area (Å²) in [6.45, 7) is 0.641. The molecule has 4 heteroatoms. The van der Waals surface area contributed by atoms with Crippen LogP contribution in [0.15, 0.2) is 42.5 Å². The van der Waals surface area contributed by atoms with Crippen molar-refractivity contribution in [2.75, 3.05) is 12.3 Å². The summed E-state index contributed by atoms with van der Waals surface area (Å²) in [7, 11) is 0. The van der Waals surface area contributed by atoms with Gasteiger partial charge in [0.2, 0.25) is 0 Å². The smallest absolute Gasteiger partial charge is 0.120 e. The van der Waals surface area contributed by atoms with Crippen molar-refractivity contribution < 1.29 is 4.74 Å². The average Bonchev–Trinajstić information content (AvgIpc) is 2.41. The Labute approximate surface area is 123 Å². The van der Waals surface area contributed by atoms with Crippen LogP contribution in [0.3, 0.4) is 0 Å². The van der Waals surface area contributed by atoms with Gasteiger partial charge in [-0.1, -0.05) is 35.3 Å². The lowest BCUT2D eigenvalue weighted by Gasteiger charge is -2.07. The van der Waals surface area contributed by atoms with Crippen molar-refractivity contribution in [3.63, 3.8) is 0 Å². The molecule has 100 valence electrons. The summed E-state index contributed by atoms with van der Waals surface area (Å²) in [5, 5.41) is 1.05. The number of ether oxygens (including phenoxy) is 1. The third kappa shape index (κ3) is 4.34. The van der Waals surface area contributed by atoms with Gasteiger partial charge in [-0.3, -0.25) is 0 Å². The minimum absolute atomic E-state index is 0.512. The second kappa shape index (κ2) is 6.69. The Hall–Kier alpha value is -1.38. The predicted molar refractivity (Wildman–Crippen MR) is 81.1 cm³/mol. The highest BCUT2D eigenvalue weighted by Crippen LogP contribution is 2.26. The summed E-state index contributed by atoms with van der Waals surface area (Å²) in [4.78, 5) is 0. The van der Waals surface area contributed by atoms with Gasteiger partial charge in [-0.25, -0.2) is 0 Å². The summed E-state index contributed by atoms with van der Waals surface area (Å²) in [6.07, 6.45) is 1.89. The zero-order valence-corrected chi connectivity index (χ0v) is 11.9. The van der Waals surface area contributed by atoms with Crippen LogP contribution >= 0.6 is 23.2 Å². The minimum atomic E-state index is 0.512. The normalized spacial score (nSPS) is 10.4. The SMILES string of the molecule is Nc1ccc(CCCOc2ccc(Cl)c(Cl)c2)cc1. The number of rotatable bonds is 5. The molecule has 2 nitrogen and oxygen atoms in total. The zero-order chi connectivity index (χ0) is 13.7. The molecule has 0 unspecified atom stereocenters. The maximum atomic E-state index is 5.91. The molecule has 0 aliphatic rings. The minimum Gasteiger partial charge on any atom is -0.494 e. The Balaban J connectivity index is 1.77. The molecule has 0 aliphatic carbocycles. The first-order valence-electron chi connectivity index (χ1n) is 6.07. The van der Waals surface area contributed by atoms with Crippen molar-refractivity contribution in [2.24, 2.45) is 0 Å². The standard InChI is InChI=1S/C15H15Cl2NO/c16-14-8-7-13(10-15(14)17)19-9-1-2-11-3-5-12(18)6-4-11/h3-8,10H,1-2,9,18H2. The highest BCUT2D eigenvalue weighted by Gasteiger charge is 2.00. The van der Waals surface area contributed by atoms with Crippen LogP contribution < -0.4 is 10.5 Å². The number of aryl methyl sites for hydroxylation is 1. The average molecular weight is 296 g/mol. The molecule has 0 atom stereocenters. The van der Waals surface area contributed by atoms with Crippen molar-refractivity contribution in [3.05, 3.63) is 58.1 Å². The van der Waals surface area contributed by atoms with Gasteiger partial charge < -0.3 is 10.5 Å². The molecule has 0 heterocycles. The Morgan fingerprint density at radius 2 is 1.68 bits per heavy atom. The topological polar surface area (TPSA) is 35.2 Å². The van der Waals surface area contributed by atoms with Crippen molar-refractivity contribution >= 4 is 28.9 Å². The van der Waals surface area contributed by atoms with E-state index in [1.54, 1.807) is 12.1 Å². The number of nitrogen functional groups attached to an aromatic ring is 1. The molecule has 2 aromatic carbocycles. The van der Waals surface area contributed by atoms with Crippen LogP contribution in [-0.2, 0) is 6.42 Å². The number of halogens is 2. The molecule has 2 rings (SSSR count). The Bertz CT molecular complexity index is 540. The number of benzene rings is 2. The van der Waals surface area contributed by atoms with E-state index in [1.807, 2.05) is 30.3 Å². The first-order valence-corrected chi connectivity index (χ1v) is 6.83. The maximum absolute atomic E-state index is 5.91. The van der Waals surface area contributed by atoms with Crippen LogP contribution in [0.25, 0.3) is 0 Å². The monoisotopic (exact) mass is 295 g/mol. The molecule has 0 bridgehead atoms. The molecule has 0 aromatic heterocycles. The summed E-state index contributed by atoms with van der Waals surface area (Å²) in [6, 6.07) is 13.2. The third-order valence-corrected chi connectivity index (χ3v) is 3.49. The van der Waals surface area contributed by atoms with Crippen LogP contribution in [0.1, 0.15) is 12.0 Å². The highest BCUT2D eigenvalue weighted by molar-refractivity contribution is 6.42. The molecule has 0 amide bonds. The van der Waals surface area contributed by atoms with E-state index in [9.17, 15) is 0 Å².